The van der Waals surface area contributed by atoms with Gasteiger partial charge in [-0.25, -0.2) is 0 Å². The Morgan fingerprint density at radius 2 is 2.00 bits per heavy atom. The van der Waals surface area contributed by atoms with Crippen molar-refractivity contribution in [2.75, 3.05) is 19.6 Å². The fourth-order valence-corrected chi connectivity index (χ4v) is 2.60. The lowest BCUT2D eigenvalue weighted by atomic mass is 9.95. The van der Waals surface area contributed by atoms with Gasteiger partial charge in [-0.2, -0.15) is 0 Å². The highest BCUT2D eigenvalue weighted by Crippen LogP contribution is 2.28. The van der Waals surface area contributed by atoms with Gasteiger partial charge in [0.1, 0.15) is 0 Å². The number of amides is 2. The van der Waals surface area contributed by atoms with Crippen molar-refractivity contribution in [3.05, 3.63) is 0 Å². The molecule has 0 bridgehead atoms. The summed E-state index contributed by atoms with van der Waals surface area (Å²) in [6, 6.07) is -0.455. The van der Waals surface area contributed by atoms with Gasteiger partial charge >= 0.3 is 0 Å². The SMILES string of the molecule is CC(C)[C@H](N)C(=O)N1CCCC(C(=O)NCC2CC2)C1. The molecule has 0 spiro atoms. The molecule has 1 saturated heterocycles. The molecule has 3 N–H and O–H groups in total. The first kappa shape index (κ1) is 15.3. The monoisotopic (exact) mass is 281 g/mol. The molecule has 2 fully saturated rings. The third-order valence-corrected chi connectivity index (χ3v) is 4.37. The van der Waals surface area contributed by atoms with Crippen LogP contribution in [0.4, 0.5) is 0 Å². The molecular formula is C15H27N3O2. The number of piperidine rings is 1. The second-order valence-corrected chi connectivity index (χ2v) is 6.58. The lowest BCUT2D eigenvalue weighted by Crippen LogP contribution is -2.52. The third kappa shape index (κ3) is 3.95. The zero-order valence-corrected chi connectivity index (χ0v) is 12.6. The maximum absolute atomic E-state index is 12.3. The van der Waals surface area contributed by atoms with Gasteiger partial charge in [0.2, 0.25) is 11.8 Å². The molecular weight excluding hydrogens is 254 g/mol. The quantitative estimate of drug-likeness (QED) is 0.780. The zero-order chi connectivity index (χ0) is 14.7. The summed E-state index contributed by atoms with van der Waals surface area (Å²) < 4.78 is 0. The van der Waals surface area contributed by atoms with Crippen LogP contribution in [-0.4, -0.2) is 42.4 Å². The molecule has 2 rings (SSSR count). The van der Waals surface area contributed by atoms with E-state index >= 15 is 0 Å². The Kier molecular flexibility index (Phi) is 5.02. The first-order chi connectivity index (χ1) is 9.49. The fourth-order valence-electron chi connectivity index (χ4n) is 2.60. The van der Waals surface area contributed by atoms with Crippen LogP contribution in [0.15, 0.2) is 0 Å². The summed E-state index contributed by atoms with van der Waals surface area (Å²) >= 11 is 0. The predicted molar refractivity (Wildman–Crippen MR) is 77.9 cm³/mol. The zero-order valence-electron chi connectivity index (χ0n) is 12.6. The molecule has 2 aliphatic rings. The minimum absolute atomic E-state index is 0.0142. The molecule has 2 atom stereocenters. The molecule has 5 nitrogen and oxygen atoms in total. The lowest BCUT2D eigenvalue weighted by Gasteiger charge is -2.34. The molecule has 1 unspecified atom stereocenters. The van der Waals surface area contributed by atoms with Crippen LogP contribution in [0.25, 0.3) is 0 Å². The van der Waals surface area contributed by atoms with Gasteiger partial charge in [0.15, 0.2) is 0 Å². The number of likely N-dealkylation sites (tertiary alicyclic amines) is 1. The largest absolute Gasteiger partial charge is 0.356 e. The molecule has 20 heavy (non-hydrogen) atoms. The van der Waals surface area contributed by atoms with E-state index in [9.17, 15) is 9.59 Å². The van der Waals surface area contributed by atoms with Gasteiger partial charge in [0.25, 0.3) is 0 Å². The average molecular weight is 281 g/mol. The van der Waals surface area contributed by atoms with E-state index in [4.69, 9.17) is 5.73 Å². The van der Waals surface area contributed by atoms with Gasteiger partial charge in [0.05, 0.1) is 12.0 Å². The minimum atomic E-state index is -0.455. The molecule has 1 aliphatic carbocycles. The Morgan fingerprint density at radius 1 is 1.30 bits per heavy atom. The molecule has 0 radical (unpaired) electrons. The van der Waals surface area contributed by atoms with E-state index in [1.807, 2.05) is 13.8 Å². The summed E-state index contributed by atoms with van der Waals surface area (Å²) in [4.78, 5) is 26.1. The number of hydrogen-bond donors (Lipinski definition) is 2. The number of nitrogens with two attached hydrogens (primary N) is 1. The van der Waals surface area contributed by atoms with Crippen molar-refractivity contribution in [2.24, 2.45) is 23.5 Å². The molecule has 0 aromatic rings. The Balaban J connectivity index is 1.83. The van der Waals surface area contributed by atoms with Gasteiger partial charge in [-0.3, -0.25) is 9.59 Å². The van der Waals surface area contributed by atoms with Gasteiger partial charge < -0.3 is 16.0 Å². The Morgan fingerprint density at radius 3 is 2.60 bits per heavy atom. The topological polar surface area (TPSA) is 75.4 Å². The van der Waals surface area contributed by atoms with Crippen molar-refractivity contribution < 1.29 is 9.59 Å². The standard InChI is InChI=1S/C15H27N3O2/c1-10(2)13(16)15(20)18-7-3-4-12(9-18)14(19)17-8-11-5-6-11/h10-13H,3-9,16H2,1-2H3,(H,17,19)/t12?,13-/m0/s1. The number of rotatable bonds is 5. The summed E-state index contributed by atoms with van der Waals surface area (Å²) in [5.74, 6) is 0.847. The van der Waals surface area contributed by atoms with E-state index in [-0.39, 0.29) is 23.7 Å². The lowest BCUT2D eigenvalue weighted by molar-refractivity contribution is -0.137. The Hall–Kier alpha value is -1.10. The molecule has 1 aliphatic heterocycles. The Bertz CT molecular complexity index is 366. The van der Waals surface area contributed by atoms with Crippen LogP contribution in [-0.2, 0) is 9.59 Å². The molecule has 114 valence electrons. The predicted octanol–water partition coefficient (Wildman–Crippen LogP) is 0.735. The third-order valence-electron chi connectivity index (χ3n) is 4.37. The van der Waals surface area contributed by atoms with Crippen molar-refractivity contribution in [3.8, 4) is 0 Å². The molecule has 2 amide bonds. The van der Waals surface area contributed by atoms with Gasteiger partial charge in [-0.1, -0.05) is 13.8 Å². The summed E-state index contributed by atoms with van der Waals surface area (Å²) in [6.45, 7) is 5.95. The van der Waals surface area contributed by atoms with Gasteiger partial charge in [0, 0.05) is 19.6 Å². The average Bonchev–Trinajstić information content (AvgIpc) is 3.27. The van der Waals surface area contributed by atoms with Crippen LogP contribution in [0.1, 0.15) is 39.5 Å². The normalized spacial score (nSPS) is 24.6. The summed E-state index contributed by atoms with van der Waals surface area (Å²) in [5.41, 5.74) is 5.93. The van der Waals surface area contributed by atoms with E-state index in [0.717, 1.165) is 25.9 Å². The number of nitrogens with one attached hydrogen (secondary N) is 1. The molecule has 5 heteroatoms. The summed E-state index contributed by atoms with van der Waals surface area (Å²) in [5, 5.41) is 3.02. The summed E-state index contributed by atoms with van der Waals surface area (Å²) in [6.07, 6.45) is 4.23. The fraction of sp³-hybridized carbons (Fsp3) is 0.867. The van der Waals surface area contributed by atoms with E-state index < -0.39 is 6.04 Å². The second kappa shape index (κ2) is 6.57. The van der Waals surface area contributed by atoms with Crippen molar-refractivity contribution >= 4 is 11.8 Å². The van der Waals surface area contributed by atoms with Crippen molar-refractivity contribution in [2.45, 2.75) is 45.6 Å². The molecule has 1 heterocycles. The van der Waals surface area contributed by atoms with E-state index in [2.05, 4.69) is 5.32 Å². The minimum Gasteiger partial charge on any atom is -0.356 e. The molecule has 1 saturated carbocycles. The number of hydrogen-bond acceptors (Lipinski definition) is 3. The van der Waals surface area contributed by atoms with Gasteiger partial charge in [-0.15, -0.1) is 0 Å². The van der Waals surface area contributed by atoms with E-state index in [1.54, 1.807) is 4.90 Å². The van der Waals surface area contributed by atoms with E-state index in [0.29, 0.717) is 12.5 Å². The molecule has 0 aromatic heterocycles. The van der Waals surface area contributed by atoms with Crippen LogP contribution in [0.3, 0.4) is 0 Å². The van der Waals surface area contributed by atoms with Gasteiger partial charge in [-0.05, 0) is 37.5 Å². The molecule has 0 aromatic carbocycles. The van der Waals surface area contributed by atoms with Crippen LogP contribution >= 0.6 is 0 Å². The van der Waals surface area contributed by atoms with Crippen LogP contribution in [0.5, 0.6) is 0 Å². The van der Waals surface area contributed by atoms with Crippen molar-refractivity contribution in [1.29, 1.82) is 0 Å². The smallest absolute Gasteiger partial charge is 0.239 e. The maximum atomic E-state index is 12.3. The highest BCUT2D eigenvalue weighted by Gasteiger charge is 2.32. The van der Waals surface area contributed by atoms with Crippen molar-refractivity contribution in [1.82, 2.24) is 10.2 Å². The van der Waals surface area contributed by atoms with Crippen LogP contribution in [0, 0.1) is 17.8 Å². The Labute approximate surface area is 121 Å². The number of carbonyl (C=O) groups is 2. The number of nitrogens with zero attached hydrogens (tertiary/aromatic N) is 1. The first-order valence-corrected chi connectivity index (χ1v) is 7.81. The maximum Gasteiger partial charge on any atom is 0.239 e. The highest BCUT2D eigenvalue weighted by molar-refractivity contribution is 5.84. The number of carbonyl (C=O) groups excluding carboxylic acids is 2. The summed E-state index contributed by atoms with van der Waals surface area (Å²) in [7, 11) is 0. The van der Waals surface area contributed by atoms with Crippen LogP contribution < -0.4 is 11.1 Å². The van der Waals surface area contributed by atoms with Crippen molar-refractivity contribution in [3.63, 3.8) is 0 Å². The first-order valence-electron chi connectivity index (χ1n) is 7.81. The highest BCUT2D eigenvalue weighted by atomic mass is 16.2. The van der Waals surface area contributed by atoms with E-state index in [1.165, 1.54) is 12.8 Å². The second-order valence-electron chi connectivity index (χ2n) is 6.58. The van der Waals surface area contributed by atoms with Crippen LogP contribution in [0.2, 0.25) is 0 Å².